The first-order valence-corrected chi connectivity index (χ1v) is 5.03. The van der Waals surface area contributed by atoms with E-state index in [0.29, 0.717) is 11.5 Å². The van der Waals surface area contributed by atoms with Crippen molar-refractivity contribution in [3.8, 4) is 5.75 Å². The topological polar surface area (TPSA) is 72.6 Å². The number of carboxylic acids is 1. The van der Waals surface area contributed by atoms with Crippen LogP contribution < -0.4 is 4.74 Å². The average molecular weight is 233 g/mol. The van der Waals surface area contributed by atoms with Crippen molar-refractivity contribution < 1.29 is 19.2 Å². The number of carbonyl (C=O) groups is 1. The molecule has 2 rings (SSSR count). The molecule has 5 nitrogen and oxygen atoms in total. The van der Waals surface area contributed by atoms with Crippen molar-refractivity contribution in [2.75, 3.05) is 0 Å². The highest BCUT2D eigenvalue weighted by molar-refractivity contribution is 5.91. The molecule has 0 fully saturated rings. The molecule has 0 spiro atoms. The number of hydrogen-bond donors (Lipinski definition) is 1. The first-order chi connectivity index (χ1) is 8.16. The van der Waals surface area contributed by atoms with Crippen molar-refractivity contribution in [1.29, 1.82) is 0 Å². The highest BCUT2D eigenvalue weighted by Gasteiger charge is 2.12. The molecule has 17 heavy (non-hydrogen) atoms. The van der Waals surface area contributed by atoms with Crippen LogP contribution in [0.1, 0.15) is 21.7 Å². The standard InChI is InChI=1S/C12H11NO4/c1-8-2-3-11(10(6-8)12(14)15)16-7-9-4-5-13-17-9/h2-6H,7H2,1H3,(H,14,15). The highest BCUT2D eigenvalue weighted by Crippen LogP contribution is 2.21. The number of carboxylic acid groups (broad SMARTS) is 1. The van der Waals surface area contributed by atoms with Crippen LogP contribution in [0, 0.1) is 6.92 Å². The van der Waals surface area contributed by atoms with Gasteiger partial charge >= 0.3 is 5.97 Å². The third-order valence-corrected chi connectivity index (χ3v) is 2.23. The minimum absolute atomic E-state index is 0.143. The SMILES string of the molecule is Cc1ccc(OCc2ccno2)c(C(=O)O)c1. The van der Waals surface area contributed by atoms with Crippen LogP contribution in [0.4, 0.5) is 0 Å². The van der Waals surface area contributed by atoms with E-state index in [2.05, 4.69) is 5.16 Å². The van der Waals surface area contributed by atoms with Crippen molar-refractivity contribution in [2.24, 2.45) is 0 Å². The van der Waals surface area contributed by atoms with Gasteiger partial charge in [-0.2, -0.15) is 0 Å². The molecule has 0 unspecified atom stereocenters. The number of aryl methyl sites for hydroxylation is 1. The lowest BCUT2D eigenvalue weighted by molar-refractivity contribution is 0.0691. The van der Waals surface area contributed by atoms with Crippen LogP contribution in [0.3, 0.4) is 0 Å². The summed E-state index contributed by atoms with van der Waals surface area (Å²) in [6.07, 6.45) is 1.51. The van der Waals surface area contributed by atoms with Gasteiger partial charge in [0.15, 0.2) is 5.76 Å². The summed E-state index contributed by atoms with van der Waals surface area (Å²) in [4.78, 5) is 11.0. The lowest BCUT2D eigenvalue weighted by atomic mass is 10.1. The van der Waals surface area contributed by atoms with E-state index >= 15 is 0 Å². The molecule has 2 aromatic rings. The van der Waals surface area contributed by atoms with E-state index in [4.69, 9.17) is 14.4 Å². The summed E-state index contributed by atoms with van der Waals surface area (Å²) in [6.45, 7) is 1.98. The third-order valence-electron chi connectivity index (χ3n) is 2.23. The lowest BCUT2D eigenvalue weighted by Gasteiger charge is -2.08. The second-order valence-electron chi connectivity index (χ2n) is 3.57. The van der Waals surface area contributed by atoms with Gasteiger partial charge in [0, 0.05) is 6.07 Å². The lowest BCUT2D eigenvalue weighted by Crippen LogP contribution is -2.03. The number of aromatic nitrogens is 1. The van der Waals surface area contributed by atoms with Gasteiger partial charge in [-0.15, -0.1) is 0 Å². The number of nitrogens with zero attached hydrogens (tertiary/aromatic N) is 1. The van der Waals surface area contributed by atoms with Crippen LogP contribution in [0.25, 0.3) is 0 Å². The summed E-state index contributed by atoms with van der Waals surface area (Å²) < 4.78 is 10.2. The Morgan fingerprint density at radius 2 is 2.29 bits per heavy atom. The fourth-order valence-corrected chi connectivity index (χ4v) is 1.40. The van der Waals surface area contributed by atoms with E-state index in [1.54, 1.807) is 24.3 Å². The smallest absolute Gasteiger partial charge is 0.339 e. The fourth-order valence-electron chi connectivity index (χ4n) is 1.40. The summed E-state index contributed by atoms with van der Waals surface area (Å²) in [7, 11) is 0. The summed E-state index contributed by atoms with van der Waals surface area (Å²) >= 11 is 0. The second kappa shape index (κ2) is 4.69. The number of benzene rings is 1. The molecule has 0 aliphatic heterocycles. The van der Waals surface area contributed by atoms with Crippen LogP contribution in [0.2, 0.25) is 0 Å². The predicted molar refractivity (Wildman–Crippen MR) is 59.0 cm³/mol. The monoisotopic (exact) mass is 233 g/mol. The molecule has 0 aliphatic carbocycles. The van der Waals surface area contributed by atoms with Crippen molar-refractivity contribution in [3.63, 3.8) is 0 Å². The van der Waals surface area contributed by atoms with Crippen LogP contribution in [-0.2, 0) is 6.61 Å². The maximum Gasteiger partial charge on any atom is 0.339 e. The molecular formula is C12H11NO4. The normalized spacial score (nSPS) is 10.2. The highest BCUT2D eigenvalue weighted by atomic mass is 16.5. The van der Waals surface area contributed by atoms with E-state index in [0.717, 1.165) is 5.56 Å². The van der Waals surface area contributed by atoms with E-state index in [1.807, 2.05) is 6.92 Å². The molecular weight excluding hydrogens is 222 g/mol. The Morgan fingerprint density at radius 1 is 1.47 bits per heavy atom. The predicted octanol–water partition coefficient (Wildman–Crippen LogP) is 2.26. The van der Waals surface area contributed by atoms with Crippen LogP contribution in [0.5, 0.6) is 5.75 Å². The van der Waals surface area contributed by atoms with Gasteiger partial charge in [-0.3, -0.25) is 0 Å². The zero-order valence-electron chi connectivity index (χ0n) is 9.21. The molecule has 1 aromatic carbocycles. The zero-order chi connectivity index (χ0) is 12.3. The molecule has 1 N–H and O–H groups in total. The molecule has 5 heteroatoms. The maximum atomic E-state index is 11.0. The van der Waals surface area contributed by atoms with Gasteiger partial charge in [-0.1, -0.05) is 16.8 Å². The Hall–Kier alpha value is -2.30. The van der Waals surface area contributed by atoms with Crippen molar-refractivity contribution in [1.82, 2.24) is 5.16 Å². The molecule has 1 heterocycles. The van der Waals surface area contributed by atoms with Crippen LogP contribution in [0.15, 0.2) is 35.0 Å². The summed E-state index contributed by atoms with van der Waals surface area (Å²) in [6, 6.07) is 6.66. The van der Waals surface area contributed by atoms with Crippen molar-refractivity contribution in [3.05, 3.63) is 47.3 Å². The Kier molecular flexibility index (Phi) is 3.09. The second-order valence-corrected chi connectivity index (χ2v) is 3.57. The van der Waals surface area contributed by atoms with E-state index in [-0.39, 0.29) is 12.2 Å². The number of ether oxygens (including phenoxy) is 1. The largest absolute Gasteiger partial charge is 0.485 e. The third kappa shape index (κ3) is 2.63. The van der Waals surface area contributed by atoms with Gasteiger partial charge in [0.25, 0.3) is 0 Å². The minimum atomic E-state index is -1.01. The van der Waals surface area contributed by atoms with Gasteiger partial charge in [-0.05, 0) is 19.1 Å². The van der Waals surface area contributed by atoms with Crippen LogP contribution in [-0.4, -0.2) is 16.2 Å². The van der Waals surface area contributed by atoms with E-state index in [9.17, 15) is 4.79 Å². The Balaban J connectivity index is 2.17. The minimum Gasteiger partial charge on any atom is -0.485 e. The Bertz CT molecular complexity index is 519. The number of rotatable bonds is 4. The first-order valence-electron chi connectivity index (χ1n) is 5.03. The molecule has 1 aromatic heterocycles. The number of hydrogen-bond acceptors (Lipinski definition) is 4. The van der Waals surface area contributed by atoms with Gasteiger partial charge in [0.1, 0.15) is 17.9 Å². The van der Waals surface area contributed by atoms with Gasteiger partial charge in [-0.25, -0.2) is 4.79 Å². The van der Waals surface area contributed by atoms with Gasteiger partial charge in [0.2, 0.25) is 0 Å². The van der Waals surface area contributed by atoms with Gasteiger partial charge < -0.3 is 14.4 Å². The molecule has 0 saturated heterocycles. The Labute approximate surface area is 97.6 Å². The molecule has 0 atom stereocenters. The van der Waals surface area contributed by atoms with E-state index < -0.39 is 5.97 Å². The molecule has 0 aliphatic rings. The molecule has 0 radical (unpaired) electrons. The van der Waals surface area contributed by atoms with Crippen LogP contribution >= 0.6 is 0 Å². The van der Waals surface area contributed by atoms with E-state index in [1.165, 1.54) is 6.20 Å². The molecule has 0 bridgehead atoms. The quantitative estimate of drug-likeness (QED) is 0.876. The van der Waals surface area contributed by atoms with Crippen molar-refractivity contribution in [2.45, 2.75) is 13.5 Å². The summed E-state index contributed by atoms with van der Waals surface area (Å²) in [5.74, 6) is -0.150. The number of aromatic carboxylic acids is 1. The maximum absolute atomic E-state index is 11.0. The summed E-state index contributed by atoms with van der Waals surface area (Å²) in [5, 5.41) is 12.6. The molecule has 0 amide bonds. The average Bonchev–Trinajstić information content (AvgIpc) is 2.80. The first kappa shape index (κ1) is 11.2. The summed E-state index contributed by atoms with van der Waals surface area (Å²) in [5.41, 5.74) is 1.01. The molecule has 0 saturated carbocycles. The Morgan fingerprint density at radius 3 is 2.94 bits per heavy atom. The van der Waals surface area contributed by atoms with Crippen molar-refractivity contribution >= 4 is 5.97 Å². The van der Waals surface area contributed by atoms with Gasteiger partial charge in [0.05, 0.1) is 6.20 Å². The zero-order valence-corrected chi connectivity index (χ0v) is 9.21. The fraction of sp³-hybridized carbons (Fsp3) is 0.167. The molecule has 88 valence electrons.